The molecule has 1 atom stereocenters. The number of carbonyl (C=O) groups is 1. The van der Waals surface area contributed by atoms with Gasteiger partial charge in [0.1, 0.15) is 0 Å². The van der Waals surface area contributed by atoms with E-state index in [0.717, 1.165) is 44.1 Å². The van der Waals surface area contributed by atoms with Gasteiger partial charge in [-0.1, -0.05) is 23.5 Å². The molecule has 0 N–H and O–H groups in total. The molecule has 1 aliphatic rings. The van der Waals surface area contributed by atoms with E-state index in [0.29, 0.717) is 11.4 Å². The predicted molar refractivity (Wildman–Crippen MR) is 107 cm³/mol. The number of nitrogens with zero attached hydrogens (tertiary/aromatic N) is 2. The maximum absolute atomic E-state index is 13.1. The second kappa shape index (κ2) is 7.15. The number of para-hydroxylation sites is 1. The summed E-state index contributed by atoms with van der Waals surface area (Å²) in [5.41, 5.74) is 2.10. The average Bonchev–Trinajstić information content (AvgIpc) is 3.32. The lowest BCUT2D eigenvalue weighted by Gasteiger charge is -2.22. The summed E-state index contributed by atoms with van der Waals surface area (Å²) in [4.78, 5) is 20.4. The third kappa shape index (κ3) is 3.51. The fourth-order valence-corrected chi connectivity index (χ4v) is 5.38. The molecule has 0 radical (unpaired) electrons. The summed E-state index contributed by atoms with van der Waals surface area (Å²) in [6, 6.07) is 9.90. The second-order valence-corrected chi connectivity index (χ2v) is 9.54. The van der Waals surface area contributed by atoms with Gasteiger partial charge in [-0.15, -0.1) is 11.3 Å². The topological polar surface area (TPSA) is 42.4 Å². The first-order valence-electron chi connectivity index (χ1n) is 8.17. The van der Waals surface area contributed by atoms with Gasteiger partial charge in [-0.25, -0.2) is 4.98 Å². The van der Waals surface area contributed by atoms with Gasteiger partial charge in [-0.05, 0) is 59.5 Å². The highest BCUT2D eigenvalue weighted by Crippen LogP contribution is 2.33. The minimum Gasteiger partial charge on any atom is -0.376 e. The highest BCUT2D eigenvalue weighted by atomic mass is 79.9. The number of carbonyl (C=O) groups excluding carboxylic acids is 1. The average molecular weight is 437 g/mol. The molecule has 1 fully saturated rings. The van der Waals surface area contributed by atoms with Crippen LogP contribution in [-0.2, 0) is 4.74 Å². The highest BCUT2D eigenvalue weighted by Gasteiger charge is 2.28. The fraction of sp³-hybridized carbons (Fsp3) is 0.333. The van der Waals surface area contributed by atoms with Crippen LogP contribution in [0.25, 0.3) is 10.2 Å². The number of halogens is 1. The van der Waals surface area contributed by atoms with Crippen molar-refractivity contribution in [3.05, 3.63) is 44.6 Å². The Morgan fingerprint density at radius 1 is 1.36 bits per heavy atom. The van der Waals surface area contributed by atoms with Crippen LogP contribution in [0.3, 0.4) is 0 Å². The van der Waals surface area contributed by atoms with E-state index in [1.807, 2.05) is 18.2 Å². The van der Waals surface area contributed by atoms with Gasteiger partial charge in [0, 0.05) is 6.61 Å². The van der Waals surface area contributed by atoms with Crippen LogP contribution < -0.4 is 4.90 Å². The van der Waals surface area contributed by atoms with Crippen LogP contribution >= 0.6 is 38.6 Å². The number of hydrogen-bond donors (Lipinski definition) is 0. The Hall–Kier alpha value is -1.28. The zero-order valence-electron chi connectivity index (χ0n) is 13.7. The number of rotatable bonds is 4. The number of thiazole rings is 1. The van der Waals surface area contributed by atoms with Crippen LogP contribution in [0, 0.1) is 6.92 Å². The van der Waals surface area contributed by atoms with Gasteiger partial charge in [-0.3, -0.25) is 9.69 Å². The molecule has 1 aliphatic heterocycles. The Morgan fingerprint density at radius 3 is 2.92 bits per heavy atom. The zero-order chi connectivity index (χ0) is 17.4. The number of amides is 1. The van der Waals surface area contributed by atoms with Crippen molar-refractivity contribution in [2.24, 2.45) is 0 Å². The molecule has 0 spiro atoms. The van der Waals surface area contributed by atoms with Gasteiger partial charge in [0.05, 0.1) is 31.5 Å². The summed E-state index contributed by atoms with van der Waals surface area (Å²) < 4.78 is 7.83. The number of thiophene rings is 1. The molecule has 4 nitrogen and oxygen atoms in total. The molecule has 1 saturated heterocycles. The molecular weight excluding hydrogens is 420 g/mol. The molecule has 7 heteroatoms. The summed E-state index contributed by atoms with van der Waals surface area (Å²) in [6.07, 6.45) is 2.12. The number of aromatic nitrogens is 1. The molecule has 2 aromatic heterocycles. The number of anilines is 1. The van der Waals surface area contributed by atoms with Crippen molar-refractivity contribution >= 4 is 59.9 Å². The SMILES string of the molecule is Cc1cccc2sc(N(CC3CCCO3)C(=O)c3ccc(Br)s3)nc12. The molecule has 0 saturated carbocycles. The van der Waals surface area contributed by atoms with Gasteiger partial charge in [-0.2, -0.15) is 0 Å². The number of hydrogen-bond acceptors (Lipinski definition) is 5. The van der Waals surface area contributed by atoms with Crippen molar-refractivity contribution in [3.8, 4) is 0 Å². The standard InChI is InChI=1S/C18H17BrN2O2S2/c1-11-4-2-6-13-16(11)20-18(25-13)21(10-12-5-3-9-23-12)17(22)14-7-8-15(19)24-14/h2,4,6-8,12H,3,5,9-10H2,1H3. The van der Waals surface area contributed by atoms with Crippen LogP contribution in [0.1, 0.15) is 28.1 Å². The maximum Gasteiger partial charge on any atom is 0.270 e. The van der Waals surface area contributed by atoms with E-state index in [1.54, 1.807) is 16.2 Å². The monoisotopic (exact) mass is 436 g/mol. The normalized spacial score (nSPS) is 17.3. The molecule has 0 bridgehead atoms. The van der Waals surface area contributed by atoms with Gasteiger partial charge in [0.2, 0.25) is 0 Å². The van der Waals surface area contributed by atoms with Crippen LogP contribution in [0.15, 0.2) is 34.1 Å². The van der Waals surface area contributed by atoms with Crippen molar-refractivity contribution < 1.29 is 9.53 Å². The molecule has 0 aliphatic carbocycles. The van der Waals surface area contributed by atoms with Crippen molar-refractivity contribution in [1.82, 2.24) is 4.98 Å². The Morgan fingerprint density at radius 2 is 2.24 bits per heavy atom. The number of benzene rings is 1. The first-order chi connectivity index (χ1) is 12.1. The third-order valence-corrected chi connectivity index (χ3v) is 6.93. The van der Waals surface area contributed by atoms with Crippen LogP contribution in [0.4, 0.5) is 5.13 Å². The molecular formula is C18H17BrN2O2S2. The lowest BCUT2D eigenvalue weighted by atomic mass is 10.2. The van der Waals surface area contributed by atoms with E-state index in [4.69, 9.17) is 9.72 Å². The van der Waals surface area contributed by atoms with E-state index in [-0.39, 0.29) is 12.0 Å². The molecule has 4 rings (SSSR count). The Balaban J connectivity index is 1.72. The van der Waals surface area contributed by atoms with Crippen molar-refractivity contribution in [2.45, 2.75) is 25.9 Å². The smallest absolute Gasteiger partial charge is 0.270 e. The Kier molecular flexibility index (Phi) is 4.90. The molecule has 1 amide bonds. The summed E-state index contributed by atoms with van der Waals surface area (Å²) in [7, 11) is 0. The summed E-state index contributed by atoms with van der Waals surface area (Å²) >= 11 is 6.45. The summed E-state index contributed by atoms with van der Waals surface area (Å²) in [5, 5.41) is 0.745. The molecule has 3 aromatic rings. The van der Waals surface area contributed by atoms with Gasteiger partial charge >= 0.3 is 0 Å². The van der Waals surface area contributed by atoms with Gasteiger partial charge < -0.3 is 4.74 Å². The largest absolute Gasteiger partial charge is 0.376 e. The number of fused-ring (bicyclic) bond motifs is 1. The van der Waals surface area contributed by atoms with E-state index in [9.17, 15) is 4.79 Å². The first-order valence-corrected chi connectivity index (χ1v) is 10.6. The molecule has 1 aromatic carbocycles. The fourth-order valence-electron chi connectivity index (χ4n) is 2.99. The lowest BCUT2D eigenvalue weighted by molar-refractivity contribution is 0.0920. The van der Waals surface area contributed by atoms with Crippen molar-refractivity contribution in [2.75, 3.05) is 18.1 Å². The minimum atomic E-state index is -0.0112. The van der Waals surface area contributed by atoms with E-state index >= 15 is 0 Å². The van der Waals surface area contributed by atoms with Crippen LogP contribution in [0.5, 0.6) is 0 Å². The summed E-state index contributed by atoms with van der Waals surface area (Å²) in [6.45, 7) is 3.37. The molecule has 3 heterocycles. The lowest BCUT2D eigenvalue weighted by Crippen LogP contribution is -2.37. The first kappa shape index (κ1) is 17.1. The molecule has 25 heavy (non-hydrogen) atoms. The van der Waals surface area contributed by atoms with Gasteiger partial charge in [0.15, 0.2) is 5.13 Å². The Bertz CT molecular complexity index is 915. The third-order valence-electron chi connectivity index (χ3n) is 4.28. The van der Waals surface area contributed by atoms with Crippen LogP contribution in [0.2, 0.25) is 0 Å². The van der Waals surface area contributed by atoms with Crippen LogP contribution in [-0.4, -0.2) is 30.1 Å². The quantitative estimate of drug-likeness (QED) is 0.560. The number of aryl methyl sites for hydroxylation is 1. The second-order valence-electron chi connectivity index (χ2n) is 6.07. The predicted octanol–water partition coefficient (Wildman–Crippen LogP) is 5.25. The van der Waals surface area contributed by atoms with E-state index in [2.05, 4.69) is 35.0 Å². The van der Waals surface area contributed by atoms with E-state index < -0.39 is 0 Å². The van der Waals surface area contributed by atoms with Gasteiger partial charge in [0.25, 0.3) is 5.91 Å². The maximum atomic E-state index is 13.1. The Labute approximate surface area is 162 Å². The van der Waals surface area contributed by atoms with E-state index in [1.165, 1.54) is 11.3 Å². The van der Waals surface area contributed by atoms with Crippen molar-refractivity contribution in [3.63, 3.8) is 0 Å². The molecule has 130 valence electrons. The number of ether oxygens (including phenoxy) is 1. The summed E-state index contributed by atoms with van der Waals surface area (Å²) in [5.74, 6) is -0.0112. The minimum absolute atomic E-state index is 0.0112. The van der Waals surface area contributed by atoms with Crippen molar-refractivity contribution in [1.29, 1.82) is 0 Å². The zero-order valence-corrected chi connectivity index (χ0v) is 16.9. The molecule has 1 unspecified atom stereocenters. The highest BCUT2D eigenvalue weighted by molar-refractivity contribution is 9.11.